The topological polar surface area (TPSA) is 28.7 Å². The standard InChI is InChI=1S/C17H17N.C14H19N.3H2/c1-12-8-15(9-13(2)18-12)10-14-6-7-16-4-3-5-17(16)11-14;1-4-10(3)12-6-7-14-13(8-12)11(5-2)9-15-14;;;/h3,5-9,11H,4,10H2,1-2H3;6-10,15H,4-5H2,1-3H3;3*1H. The fourth-order valence-corrected chi connectivity index (χ4v) is 4.70. The minimum absolute atomic E-state index is 0. The van der Waals surface area contributed by atoms with E-state index in [1.807, 2.05) is 0 Å². The molecule has 1 aliphatic rings. The summed E-state index contributed by atoms with van der Waals surface area (Å²) < 4.78 is 0. The Balaban J connectivity index is 0.000000337. The Morgan fingerprint density at radius 1 is 0.970 bits per heavy atom. The number of H-pyrrole nitrogens is 1. The smallest absolute Gasteiger partial charge is 0.0456 e. The molecule has 0 radical (unpaired) electrons. The maximum Gasteiger partial charge on any atom is 0.0456 e. The largest absolute Gasteiger partial charge is 0.361 e. The molecule has 5 rings (SSSR count). The van der Waals surface area contributed by atoms with E-state index in [1.54, 1.807) is 0 Å². The van der Waals surface area contributed by atoms with E-state index in [0.717, 1.165) is 30.7 Å². The van der Waals surface area contributed by atoms with E-state index < -0.39 is 0 Å². The Morgan fingerprint density at radius 3 is 2.48 bits per heavy atom. The Bertz CT molecular complexity index is 1270. The molecule has 2 nitrogen and oxygen atoms in total. The van der Waals surface area contributed by atoms with Gasteiger partial charge in [-0.05, 0) is 103 Å². The first-order valence-corrected chi connectivity index (χ1v) is 12.3. The van der Waals surface area contributed by atoms with Gasteiger partial charge in [0, 0.05) is 32.8 Å². The summed E-state index contributed by atoms with van der Waals surface area (Å²) in [7, 11) is 0. The fraction of sp³-hybridized carbons (Fsp3) is 0.323. The van der Waals surface area contributed by atoms with Crippen LogP contribution in [0.15, 0.2) is 60.8 Å². The quantitative estimate of drug-likeness (QED) is 0.328. The van der Waals surface area contributed by atoms with Crippen LogP contribution in [0.4, 0.5) is 0 Å². The van der Waals surface area contributed by atoms with Crippen molar-refractivity contribution in [3.05, 3.63) is 106 Å². The molecule has 176 valence electrons. The van der Waals surface area contributed by atoms with Gasteiger partial charge in [-0.2, -0.15) is 0 Å². The molecular weight excluding hydrogens is 400 g/mol. The minimum atomic E-state index is 0. The number of rotatable bonds is 5. The van der Waals surface area contributed by atoms with Crippen LogP contribution < -0.4 is 0 Å². The second-order valence-corrected chi connectivity index (χ2v) is 9.36. The molecular formula is C31H42N2. The maximum atomic E-state index is 4.42. The number of nitrogens with zero attached hydrogens (tertiary/aromatic N) is 1. The van der Waals surface area contributed by atoms with Gasteiger partial charge in [-0.15, -0.1) is 0 Å². The van der Waals surface area contributed by atoms with E-state index in [1.165, 1.54) is 50.7 Å². The van der Waals surface area contributed by atoms with Gasteiger partial charge in [-0.1, -0.05) is 57.2 Å². The van der Waals surface area contributed by atoms with Crippen molar-refractivity contribution in [1.29, 1.82) is 0 Å². The highest BCUT2D eigenvalue weighted by atomic mass is 14.7. The van der Waals surface area contributed by atoms with E-state index in [2.05, 4.69) is 111 Å². The lowest BCUT2D eigenvalue weighted by Crippen LogP contribution is -1.94. The number of pyridine rings is 1. The number of aryl methyl sites for hydroxylation is 3. The molecule has 2 heterocycles. The number of aromatic amines is 1. The van der Waals surface area contributed by atoms with Gasteiger partial charge in [0.2, 0.25) is 0 Å². The first-order valence-electron chi connectivity index (χ1n) is 12.3. The Hall–Kier alpha value is -3.13. The summed E-state index contributed by atoms with van der Waals surface area (Å²) in [4.78, 5) is 7.75. The Morgan fingerprint density at radius 2 is 1.76 bits per heavy atom. The number of nitrogens with one attached hydrogen (secondary N) is 1. The molecule has 0 spiro atoms. The lowest BCUT2D eigenvalue weighted by Gasteiger charge is -2.09. The zero-order valence-corrected chi connectivity index (χ0v) is 20.7. The summed E-state index contributed by atoms with van der Waals surface area (Å²) in [5.74, 6) is 0.661. The van der Waals surface area contributed by atoms with Crippen LogP contribution >= 0.6 is 0 Å². The number of benzene rings is 2. The zero-order valence-electron chi connectivity index (χ0n) is 20.7. The normalized spacial score (nSPS) is 13.0. The summed E-state index contributed by atoms with van der Waals surface area (Å²) in [5, 5.41) is 1.40. The molecule has 1 N–H and O–H groups in total. The third-order valence-electron chi connectivity index (χ3n) is 6.75. The number of aromatic nitrogens is 2. The van der Waals surface area contributed by atoms with Crippen molar-refractivity contribution in [3.8, 4) is 0 Å². The summed E-state index contributed by atoms with van der Waals surface area (Å²) in [5.41, 5.74) is 11.9. The highest BCUT2D eigenvalue weighted by molar-refractivity contribution is 5.84. The molecule has 33 heavy (non-hydrogen) atoms. The van der Waals surface area contributed by atoms with Crippen LogP contribution in [0.1, 0.15) is 82.2 Å². The van der Waals surface area contributed by atoms with Crippen LogP contribution in [0.25, 0.3) is 17.0 Å². The van der Waals surface area contributed by atoms with Crippen molar-refractivity contribution in [2.24, 2.45) is 0 Å². The molecule has 0 bridgehead atoms. The first-order chi connectivity index (χ1) is 16.0. The summed E-state index contributed by atoms with van der Waals surface area (Å²) in [6.07, 6.45) is 11.0. The van der Waals surface area contributed by atoms with E-state index >= 15 is 0 Å². The predicted molar refractivity (Wildman–Crippen MR) is 148 cm³/mol. The van der Waals surface area contributed by atoms with Gasteiger partial charge in [0.05, 0.1) is 0 Å². The number of allylic oxidation sites excluding steroid dienone is 1. The molecule has 0 fully saturated rings. The molecule has 0 amide bonds. The third kappa shape index (κ3) is 5.45. The van der Waals surface area contributed by atoms with Crippen molar-refractivity contribution in [2.45, 2.75) is 66.2 Å². The highest BCUT2D eigenvalue weighted by Gasteiger charge is 2.08. The van der Waals surface area contributed by atoms with Gasteiger partial charge in [0.25, 0.3) is 0 Å². The second-order valence-electron chi connectivity index (χ2n) is 9.36. The number of hydrogen-bond acceptors (Lipinski definition) is 1. The third-order valence-corrected chi connectivity index (χ3v) is 6.75. The van der Waals surface area contributed by atoms with Gasteiger partial charge in [0.1, 0.15) is 0 Å². The molecule has 0 saturated heterocycles. The van der Waals surface area contributed by atoms with Crippen LogP contribution in [0, 0.1) is 13.8 Å². The fourth-order valence-electron chi connectivity index (χ4n) is 4.70. The van der Waals surface area contributed by atoms with Crippen LogP contribution in [-0.4, -0.2) is 9.97 Å². The van der Waals surface area contributed by atoms with E-state index in [4.69, 9.17) is 0 Å². The van der Waals surface area contributed by atoms with Crippen LogP contribution in [0.5, 0.6) is 0 Å². The maximum absolute atomic E-state index is 4.42. The SMILES string of the molecule is CCc1c[nH]c2ccc(C(C)CC)cc12.Cc1cc(Cc2ccc3c(c2)C=CC3)cc(C)n1.[HH].[HH].[HH]. The van der Waals surface area contributed by atoms with Crippen molar-refractivity contribution in [3.63, 3.8) is 0 Å². The van der Waals surface area contributed by atoms with Gasteiger partial charge in [0.15, 0.2) is 0 Å². The van der Waals surface area contributed by atoms with Crippen molar-refractivity contribution in [1.82, 2.24) is 9.97 Å². The molecule has 1 unspecified atom stereocenters. The van der Waals surface area contributed by atoms with Gasteiger partial charge in [-0.3, -0.25) is 4.98 Å². The Kier molecular flexibility index (Phi) is 7.13. The highest BCUT2D eigenvalue weighted by Crippen LogP contribution is 2.26. The molecule has 2 aromatic heterocycles. The van der Waals surface area contributed by atoms with Crippen LogP contribution in [0.3, 0.4) is 0 Å². The molecule has 1 atom stereocenters. The van der Waals surface area contributed by atoms with Crippen molar-refractivity contribution in [2.75, 3.05) is 0 Å². The Labute approximate surface area is 203 Å². The lowest BCUT2D eigenvalue weighted by atomic mass is 9.96. The van der Waals surface area contributed by atoms with E-state index in [-0.39, 0.29) is 4.28 Å². The summed E-state index contributed by atoms with van der Waals surface area (Å²) >= 11 is 0. The van der Waals surface area contributed by atoms with Crippen molar-refractivity contribution >= 4 is 17.0 Å². The molecule has 1 aliphatic carbocycles. The average Bonchev–Trinajstić information content (AvgIpc) is 3.44. The molecule has 2 heteroatoms. The predicted octanol–water partition coefficient (Wildman–Crippen LogP) is 8.84. The first kappa shape index (κ1) is 23.0. The summed E-state index contributed by atoms with van der Waals surface area (Å²) in [6, 6.07) is 18.0. The molecule has 4 aromatic rings. The van der Waals surface area contributed by atoms with E-state index in [0.29, 0.717) is 5.92 Å². The van der Waals surface area contributed by atoms with E-state index in [9.17, 15) is 0 Å². The average molecular weight is 443 g/mol. The zero-order chi connectivity index (χ0) is 23.4. The van der Waals surface area contributed by atoms with Crippen molar-refractivity contribution < 1.29 is 4.28 Å². The lowest BCUT2D eigenvalue weighted by molar-refractivity contribution is 0.734. The van der Waals surface area contributed by atoms with Crippen LogP contribution in [0.2, 0.25) is 0 Å². The molecule has 2 aromatic carbocycles. The monoisotopic (exact) mass is 442 g/mol. The minimum Gasteiger partial charge on any atom is -0.361 e. The van der Waals surface area contributed by atoms with Gasteiger partial charge < -0.3 is 4.98 Å². The van der Waals surface area contributed by atoms with Gasteiger partial charge in [-0.25, -0.2) is 0 Å². The van der Waals surface area contributed by atoms with Gasteiger partial charge >= 0.3 is 0 Å². The number of hydrogen-bond donors (Lipinski definition) is 1. The van der Waals surface area contributed by atoms with Crippen LogP contribution in [-0.2, 0) is 19.3 Å². The number of fused-ring (bicyclic) bond motifs is 2. The second kappa shape index (κ2) is 10.2. The molecule has 0 aliphatic heterocycles. The molecule has 0 saturated carbocycles. The summed E-state index contributed by atoms with van der Waals surface area (Å²) in [6.45, 7) is 10.9.